The number of nitrogens with zero attached hydrogens (tertiary/aromatic N) is 1. The molecule has 0 radical (unpaired) electrons. The van der Waals surface area contributed by atoms with E-state index in [1.165, 1.54) is 6.07 Å². The molecule has 1 N–H and O–H groups in total. The van der Waals surface area contributed by atoms with Crippen LogP contribution >= 0.6 is 12.4 Å². The van der Waals surface area contributed by atoms with Crippen molar-refractivity contribution in [3.8, 4) is 0 Å². The van der Waals surface area contributed by atoms with Gasteiger partial charge in [0, 0.05) is 25.2 Å². The molecule has 1 heterocycles. The number of benzene rings is 1. The quantitative estimate of drug-likeness (QED) is 0.911. The molecule has 0 aromatic heterocycles. The Morgan fingerprint density at radius 2 is 1.81 bits per heavy atom. The first-order chi connectivity index (χ1) is 9.50. The molecule has 2 rings (SSSR count). The number of halogens is 3. The molecule has 7 heteroatoms. The first-order valence-corrected chi connectivity index (χ1v) is 6.59. The number of piperazine rings is 1. The van der Waals surface area contributed by atoms with Crippen molar-refractivity contribution in [3.63, 3.8) is 0 Å². The summed E-state index contributed by atoms with van der Waals surface area (Å²) >= 11 is 0. The SMILES string of the molecule is C[C@@H]1CNC[C@H](C)N1C(=O)OCc1c(F)cccc1F.Cl. The number of hydrogen-bond donors (Lipinski definition) is 1. The molecule has 1 amide bonds. The Morgan fingerprint density at radius 1 is 1.29 bits per heavy atom. The second kappa shape index (κ2) is 7.56. The van der Waals surface area contributed by atoms with Crippen LogP contribution in [0.5, 0.6) is 0 Å². The van der Waals surface area contributed by atoms with Crippen LogP contribution in [0.1, 0.15) is 19.4 Å². The number of hydrogen-bond acceptors (Lipinski definition) is 3. The van der Waals surface area contributed by atoms with E-state index in [1.54, 1.807) is 4.90 Å². The van der Waals surface area contributed by atoms with Crippen LogP contribution in [-0.2, 0) is 11.3 Å². The van der Waals surface area contributed by atoms with Crippen molar-refractivity contribution in [2.24, 2.45) is 0 Å². The van der Waals surface area contributed by atoms with Crippen LogP contribution in [0.3, 0.4) is 0 Å². The minimum absolute atomic E-state index is 0. The summed E-state index contributed by atoms with van der Waals surface area (Å²) in [6, 6.07) is 3.52. The normalized spacial score (nSPS) is 21.6. The van der Waals surface area contributed by atoms with Gasteiger partial charge in [0.1, 0.15) is 18.2 Å². The smallest absolute Gasteiger partial charge is 0.410 e. The van der Waals surface area contributed by atoms with Gasteiger partial charge in [-0.3, -0.25) is 0 Å². The lowest BCUT2D eigenvalue weighted by molar-refractivity contribution is 0.0552. The highest BCUT2D eigenvalue weighted by atomic mass is 35.5. The maximum Gasteiger partial charge on any atom is 0.410 e. The van der Waals surface area contributed by atoms with Gasteiger partial charge in [-0.05, 0) is 26.0 Å². The molecule has 2 atom stereocenters. The third-order valence-electron chi connectivity index (χ3n) is 3.44. The second-order valence-corrected chi connectivity index (χ2v) is 5.02. The fourth-order valence-corrected chi connectivity index (χ4v) is 2.37. The van der Waals surface area contributed by atoms with E-state index in [0.717, 1.165) is 12.1 Å². The van der Waals surface area contributed by atoms with Gasteiger partial charge < -0.3 is 15.0 Å². The average Bonchev–Trinajstić information content (AvgIpc) is 2.38. The minimum atomic E-state index is -0.709. The fourth-order valence-electron chi connectivity index (χ4n) is 2.37. The third kappa shape index (κ3) is 4.04. The highest BCUT2D eigenvalue weighted by Gasteiger charge is 2.30. The predicted octanol–water partition coefficient (Wildman–Crippen LogP) is 2.71. The van der Waals surface area contributed by atoms with Gasteiger partial charge in [-0.1, -0.05) is 6.07 Å². The molecule has 4 nitrogen and oxygen atoms in total. The predicted molar refractivity (Wildman–Crippen MR) is 77.4 cm³/mol. The lowest BCUT2D eigenvalue weighted by Gasteiger charge is -2.38. The number of carbonyl (C=O) groups excluding carboxylic acids is 1. The van der Waals surface area contributed by atoms with Crippen molar-refractivity contribution in [1.82, 2.24) is 10.2 Å². The zero-order valence-electron chi connectivity index (χ0n) is 11.9. The molecule has 1 aliphatic rings. The van der Waals surface area contributed by atoms with Crippen molar-refractivity contribution < 1.29 is 18.3 Å². The van der Waals surface area contributed by atoms with Crippen molar-refractivity contribution in [2.45, 2.75) is 32.5 Å². The molecule has 1 aliphatic heterocycles. The van der Waals surface area contributed by atoms with E-state index in [2.05, 4.69) is 5.32 Å². The summed E-state index contributed by atoms with van der Waals surface area (Å²) in [6.07, 6.45) is -0.547. The fraction of sp³-hybridized carbons (Fsp3) is 0.500. The molecule has 1 fully saturated rings. The Hall–Kier alpha value is -1.40. The van der Waals surface area contributed by atoms with Gasteiger partial charge in [-0.15, -0.1) is 12.4 Å². The Bertz CT molecular complexity index is 472. The van der Waals surface area contributed by atoms with E-state index in [9.17, 15) is 13.6 Å². The summed E-state index contributed by atoms with van der Waals surface area (Å²) in [6.45, 7) is 4.74. The van der Waals surface area contributed by atoms with Crippen molar-refractivity contribution >= 4 is 18.5 Å². The number of ether oxygens (including phenoxy) is 1. The minimum Gasteiger partial charge on any atom is -0.444 e. The van der Waals surface area contributed by atoms with E-state index in [1.807, 2.05) is 13.8 Å². The average molecular weight is 321 g/mol. The number of amides is 1. The molecular formula is C14H19ClF2N2O2. The Labute approximate surface area is 128 Å². The zero-order valence-corrected chi connectivity index (χ0v) is 12.8. The van der Waals surface area contributed by atoms with Gasteiger partial charge in [-0.25, -0.2) is 13.6 Å². The van der Waals surface area contributed by atoms with Gasteiger partial charge in [0.05, 0.1) is 5.56 Å². The lowest BCUT2D eigenvalue weighted by Crippen LogP contribution is -2.57. The van der Waals surface area contributed by atoms with Crippen LogP contribution in [-0.4, -0.2) is 36.2 Å². The Balaban J connectivity index is 0.00000220. The van der Waals surface area contributed by atoms with E-state index < -0.39 is 24.3 Å². The van der Waals surface area contributed by atoms with Crippen LogP contribution in [0.4, 0.5) is 13.6 Å². The molecule has 1 aromatic carbocycles. The number of nitrogens with one attached hydrogen (secondary N) is 1. The summed E-state index contributed by atoms with van der Waals surface area (Å²) < 4.78 is 31.9. The Morgan fingerprint density at radius 3 is 2.33 bits per heavy atom. The number of carbonyl (C=O) groups is 1. The van der Waals surface area contributed by atoms with Gasteiger partial charge in [0.15, 0.2) is 0 Å². The summed E-state index contributed by atoms with van der Waals surface area (Å²) in [4.78, 5) is 13.6. The van der Waals surface area contributed by atoms with E-state index in [-0.39, 0.29) is 30.1 Å². The first-order valence-electron chi connectivity index (χ1n) is 6.59. The summed E-state index contributed by atoms with van der Waals surface area (Å²) in [7, 11) is 0. The maximum absolute atomic E-state index is 13.4. The van der Waals surface area contributed by atoms with Crippen molar-refractivity contribution in [2.75, 3.05) is 13.1 Å². The van der Waals surface area contributed by atoms with E-state index >= 15 is 0 Å². The molecule has 118 valence electrons. The van der Waals surface area contributed by atoms with Crippen LogP contribution in [0, 0.1) is 11.6 Å². The highest BCUT2D eigenvalue weighted by molar-refractivity contribution is 5.85. The Kier molecular flexibility index (Phi) is 6.36. The monoisotopic (exact) mass is 320 g/mol. The molecule has 1 saturated heterocycles. The van der Waals surface area contributed by atoms with Gasteiger partial charge in [-0.2, -0.15) is 0 Å². The molecule has 0 saturated carbocycles. The van der Waals surface area contributed by atoms with Gasteiger partial charge in [0.25, 0.3) is 0 Å². The first kappa shape index (κ1) is 17.7. The van der Waals surface area contributed by atoms with Crippen LogP contribution < -0.4 is 5.32 Å². The highest BCUT2D eigenvalue weighted by Crippen LogP contribution is 2.16. The topological polar surface area (TPSA) is 41.6 Å². The van der Waals surface area contributed by atoms with E-state index in [4.69, 9.17) is 4.74 Å². The van der Waals surface area contributed by atoms with Crippen molar-refractivity contribution in [3.05, 3.63) is 35.4 Å². The molecule has 0 bridgehead atoms. The molecule has 0 aliphatic carbocycles. The molecule has 0 unspecified atom stereocenters. The standard InChI is InChI=1S/C14H18F2N2O2.ClH/c1-9-6-17-7-10(2)18(9)14(19)20-8-11-12(15)4-3-5-13(11)16;/h3-5,9-10,17H,6-8H2,1-2H3;1H/t9-,10+;. The summed E-state index contributed by atoms with van der Waals surface area (Å²) in [5.74, 6) is -1.42. The van der Waals surface area contributed by atoms with Crippen molar-refractivity contribution in [1.29, 1.82) is 0 Å². The summed E-state index contributed by atoms with van der Waals surface area (Å²) in [5.41, 5.74) is -0.226. The third-order valence-corrected chi connectivity index (χ3v) is 3.44. The van der Waals surface area contributed by atoms with E-state index in [0.29, 0.717) is 13.1 Å². The molecule has 0 spiro atoms. The lowest BCUT2D eigenvalue weighted by atomic mass is 10.1. The largest absolute Gasteiger partial charge is 0.444 e. The summed E-state index contributed by atoms with van der Waals surface area (Å²) in [5, 5.41) is 3.19. The van der Waals surface area contributed by atoms with Crippen LogP contribution in [0.25, 0.3) is 0 Å². The molecule has 21 heavy (non-hydrogen) atoms. The molecule has 1 aromatic rings. The second-order valence-electron chi connectivity index (χ2n) is 5.02. The van der Waals surface area contributed by atoms with Gasteiger partial charge >= 0.3 is 6.09 Å². The van der Waals surface area contributed by atoms with Gasteiger partial charge in [0.2, 0.25) is 0 Å². The van der Waals surface area contributed by atoms with Crippen LogP contribution in [0.15, 0.2) is 18.2 Å². The van der Waals surface area contributed by atoms with Crippen LogP contribution in [0.2, 0.25) is 0 Å². The molecular weight excluding hydrogens is 302 g/mol. The zero-order chi connectivity index (χ0) is 14.7. The maximum atomic E-state index is 13.4. The number of rotatable bonds is 2.